The zero-order chi connectivity index (χ0) is 15.0. The van der Waals surface area contributed by atoms with E-state index in [9.17, 15) is 13.2 Å². The lowest BCUT2D eigenvalue weighted by Crippen LogP contribution is -2.44. The van der Waals surface area contributed by atoms with E-state index in [1.807, 2.05) is 0 Å². The molecule has 0 N–H and O–H groups in total. The van der Waals surface area contributed by atoms with Crippen LogP contribution in [0, 0.1) is 0 Å². The minimum absolute atomic E-state index is 0.202. The second-order valence-electron chi connectivity index (χ2n) is 4.75. The van der Waals surface area contributed by atoms with Crippen molar-refractivity contribution in [2.45, 2.75) is 18.1 Å². The van der Waals surface area contributed by atoms with Crippen molar-refractivity contribution in [1.29, 1.82) is 0 Å². The molecule has 6 nitrogen and oxygen atoms in total. The van der Waals surface area contributed by atoms with Crippen molar-refractivity contribution in [2.75, 3.05) is 25.1 Å². The highest BCUT2D eigenvalue weighted by Gasteiger charge is 2.55. The van der Waals surface area contributed by atoms with E-state index in [1.165, 1.54) is 25.4 Å². The predicted octanol–water partition coefficient (Wildman–Crippen LogP) is 1.17. The summed E-state index contributed by atoms with van der Waals surface area (Å²) >= 11 is 0. The summed E-state index contributed by atoms with van der Waals surface area (Å²) in [4.78, 5) is 11.8. The number of carbonyl (C=O) groups excluding carboxylic acids is 1. The minimum Gasteiger partial charge on any atom is -0.497 e. The summed E-state index contributed by atoms with van der Waals surface area (Å²) in [6.07, 6.45) is 0.202. The van der Waals surface area contributed by atoms with Gasteiger partial charge in [-0.25, -0.2) is 8.42 Å². The third-order valence-electron chi connectivity index (χ3n) is 3.63. The Labute approximate surface area is 118 Å². The maximum Gasteiger partial charge on any atom is 0.328 e. The third-order valence-corrected chi connectivity index (χ3v) is 6.11. The van der Waals surface area contributed by atoms with Crippen molar-refractivity contribution >= 4 is 21.7 Å². The van der Waals surface area contributed by atoms with E-state index in [0.29, 0.717) is 11.4 Å². The molecule has 1 aromatic rings. The van der Waals surface area contributed by atoms with Gasteiger partial charge in [-0.1, -0.05) is 0 Å². The number of ether oxygens (including phenoxy) is 2. The maximum absolute atomic E-state index is 12.6. The van der Waals surface area contributed by atoms with Gasteiger partial charge in [0.1, 0.15) is 5.75 Å². The first-order valence-corrected chi connectivity index (χ1v) is 7.55. The van der Waals surface area contributed by atoms with E-state index in [4.69, 9.17) is 4.74 Å². The second kappa shape index (κ2) is 4.97. The zero-order valence-corrected chi connectivity index (χ0v) is 12.4. The van der Waals surface area contributed by atoms with Crippen LogP contribution in [0.4, 0.5) is 5.69 Å². The number of rotatable bonds is 3. The lowest BCUT2D eigenvalue weighted by Gasteiger charge is -2.23. The first-order chi connectivity index (χ1) is 9.36. The molecule has 1 aromatic carbocycles. The fraction of sp³-hybridized carbons (Fsp3) is 0.462. The molecule has 1 fully saturated rings. The molecule has 1 atom stereocenters. The van der Waals surface area contributed by atoms with E-state index in [0.717, 1.165) is 0 Å². The number of esters is 1. The van der Waals surface area contributed by atoms with Crippen LogP contribution < -0.4 is 9.04 Å². The van der Waals surface area contributed by atoms with Gasteiger partial charge in [0.25, 0.3) is 10.0 Å². The lowest BCUT2D eigenvalue weighted by molar-refractivity contribution is -0.143. The van der Waals surface area contributed by atoms with Gasteiger partial charge in [0.2, 0.25) is 0 Å². The molecule has 1 aliphatic heterocycles. The summed E-state index contributed by atoms with van der Waals surface area (Å²) in [6.45, 7) is 1.65. The number of hydrogen-bond donors (Lipinski definition) is 0. The minimum atomic E-state index is -3.79. The zero-order valence-electron chi connectivity index (χ0n) is 11.6. The van der Waals surface area contributed by atoms with Crippen LogP contribution in [0.5, 0.6) is 5.75 Å². The number of methoxy groups -OCH3 is 2. The van der Waals surface area contributed by atoms with E-state index in [1.54, 1.807) is 24.3 Å². The van der Waals surface area contributed by atoms with Gasteiger partial charge in [0, 0.05) is 6.54 Å². The van der Waals surface area contributed by atoms with E-state index < -0.39 is 20.7 Å². The summed E-state index contributed by atoms with van der Waals surface area (Å²) in [5.41, 5.74) is 0.512. The highest BCUT2D eigenvalue weighted by Crippen LogP contribution is 2.37. The Bertz CT molecular complexity index is 610. The van der Waals surface area contributed by atoms with Crippen molar-refractivity contribution < 1.29 is 22.7 Å². The first-order valence-electron chi connectivity index (χ1n) is 6.11. The number of sulfonamides is 1. The number of nitrogens with zero attached hydrogens (tertiary/aromatic N) is 1. The van der Waals surface area contributed by atoms with Crippen LogP contribution in [-0.2, 0) is 19.6 Å². The van der Waals surface area contributed by atoms with Crippen LogP contribution in [0.3, 0.4) is 0 Å². The van der Waals surface area contributed by atoms with E-state index in [2.05, 4.69) is 4.74 Å². The van der Waals surface area contributed by atoms with Crippen LogP contribution in [-0.4, -0.2) is 39.9 Å². The van der Waals surface area contributed by atoms with Crippen molar-refractivity contribution in [3.63, 3.8) is 0 Å². The number of carbonyl (C=O) groups is 1. The average Bonchev–Trinajstić information content (AvgIpc) is 2.70. The smallest absolute Gasteiger partial charge is 0.328 e. The Kier molecular flexibility index (Phi) is 3.64. The fourth-order valence-electron chi connectivity index (χ4n) is 2.25. The fourth-order valence-corrected chi connectivity index (χ4v) is 4.11. The molecule has 0 radical (unpaired) electrons. The molecule has 7 heteroatoms. The quantitative estimate of drug-likeness (QED) is 0.783. The van der Waals surface area contributed by atoms with Gasteiger partial charge >= 0.3 is 5.97 Å². The largest absolute Gasteiger partial charge is 0.497 e. The normalized spacial score (nSPS) is 24.4. The molecule has 20 heavy (non-hydrogen) atoms. The van der Waals surface area contributed by atoms with Gasteiger partial charge in [-0.05, 0) is 37.6 Å². The topological polar surface area (TPSA) is 72.9 Å². The number of hydrogen-bond acceptors (Lipinski definition) is 5. The Morgan fingerprint density at radius 2 is 1.85 bits per heavy atom. The van der Waals surface area contributed by atoms with Crippen LogP contribution in [0.1, 0.15) is 13.3 Å². The highest BCUT2D eigenvalue weighted by molar-refractivity contribution is 7.95. The number of benzene rings is 1. The summed E-state index contributed by atoms with van der Waals surface area (Å²) in [5.74, 6) is -0.0883. The molecule has 0 bridgehead atoms. The monoisotopic (exact) mass is 299 g/mol. The standard InChI is InChI=1S/C13H17NO5S/c1-13(12(15)19-3)8-9-14(20(13,16)17)10-4-6-11(18-2)7-5-10/h4-7H,8-9H2,1-3H3. The molecule has 1 aliphatic rings. The van der Waals surface area contributed by atoms with Gasteiger partial charge in [0.15, 0.2) is 4.75 Å². The van der Waals surface area contributed by atoms with Crippen LogP contribution in [0.2, 0.25) is 0 Å². The van der Waals surface area contributed by atoms with Crippen molar-refractivity contribution in [1.82, 2.24) is 0 Å². The SMILES string of the molecule is COC(=O)C1(C)CCN(c2ccc(OC)cc2)S1(=O)=O. The van der Waals surface area contributed by atoms with Crippen molar-refractivity contribution in [3.8, 4) is 5.75 Å². The van der Waals surface area contributed by atoms with Crippen LogP contribution in [0.15, 0.2) is 24.3 Å². The molecule has 0 aliphatic carbocycles. The molecule has 2 rings (SSSR count). The third kappa shape index (κ3) is 2.02. The second-order valence-corrected chi connectivity index (χ2v) is 7.04. The highest BCUT2D eigenvalue weighted by atomic mass is 32.2. The van der Waals surface area contributed by atoms with Crippen molar-refractivity contribution in [2.24, 2.45) is 0 Å². The molecule has 1 unspecified atom stereocenters. The predicted molar refractivity (Wildman–Crippen MR) is 74.3 cm³/mol. The Morgan fingerprint density at radius 1 is 1.25 bits per heavy atom. The number of anilines is 1. The van der Waals surface area contributed by atoms with Crippen LogP contribution in [0.25, 0.3) is 0 Å². The Morgan fingerprint density at radius 3 is 2.35 bits per heavy atom. The summed E-state index contributed by atoms with van der Waals surface area (Å²) < 4.78 is 34.5. The van der Waals surface area contributed by atoms with Gasteiger partial charge in [-0.2, -0.15) is 0 Å². The lowest BCUT2D eigenvalue weighted by atomic mass is 10.1. The summed E-state index contributed by atoms with van der Waals surface area (Å²) in [5, 5.41) is 0. The van der Waals surface area contributed by atoms with Gasteiger partial charge < -0.3 is 9.47 Å². The summed E-state index contributed by atoms with van der Waals surface area (Å²) in [6, 6.07) is 6.66. The molecule has 1 saturated heterocycles. The molecule has 1 heterocycles. The van der Waals surface area contributed by atoms with E-state index >= 15 is 0 Å². The molecular formula is C13H17NO5S. The van der Waals surface area contributed by atoms with Crippen LogP contribution >= 0.6 is 0 Å². The molecule has 0 saturated carbocycles. The molecule has 0 amide bonds. The molecule has 0 spiro atoms. The first kappa shape index (κ1) is 14.6. The van der Waals surface area contributed by atoms with E-state index in [-0.39, 0.29) is 13.0 Å². The van der Waals surface area contributed by atoms with Gasteiger partial charge in [-0.3, -0.25) is 9.10 Å². The van der Waals surface area contributed by atoms with Gasteiger partial charge in [-0.15, -0.1) is 0 Å². The Balaban J connectivity index is 2.38. The van der Waals surface area contributed by atoms with Gasteiger partial charge in [0.05, 0.1) is 19.9 Å². The molecule has 0 aromatic heterocycles. The summed E-state index contributed by atoms with van der Waals surface area (Å²) in [7, 11) is -1.06. The maximum atomic E-state index is 12.6. The average molecular weight is 299 g/mol. The molecular weight excluding hydrogens is 282 g/mol. The van der Waals surface area contributed by atoms with Crippen molar-refractivity contribution in [3.05, 3.63) is 24.3 Å². The molecule has 110 valence electrons. The Hall–Kier alpha value is -1.76.